The molecule has 20 heavy (non-hydrogen) atoms. The number of rotatable bonds is 4. The van der Waals surface area contributed by atoms with Crippen molar-refractivity contribution < 1.29 is 0 Å². The molecule has 2 nitrogen and oxygen atoms in total. The highest BCUT2D eigenvalue weighted by molar-refractivity contribution is 7.98. The first kappa shape index (κ1) is 15.5. The van der Waals surface area contributed by atoms with Crippen LogP contribution in [-0.2, 0) is 5.75 Å². The van der Waals surface area contributed by atoms with Gasteiger partial charge in [-0.25, -0.2) is 0 Å². The highest BCUT2D eigenvalue weighted by atomic mass is 35.5. The fourth-order valence-electron chi connectivity index (χ4n) is 1.56. The molecule has 2 aromatic rings. The highest BCUT2D eigenvalue weighted by Gasteiger charge is 2.06. The van der Waals surface area contributed by atoms with Crippen molar-refractivity contribution in [1.29, 1.82) is 5.41 Å². The average Bonchev–Trinajstić information content (AvgIpc) is 2.41. The fourth-order valence-corrected chi connectivity index (χ4v) is 3.19. The molecule has 0 saturated heterocycles. The summed E-state index contributed by atoms with van der Waals surface area (Å²) in [6.45, 7) is 0. The van der Waals surface area contributed by atoms with Gasteiger partial charge in [-0.2, -0.15) is 0 Å². The number of hydrogen-bond donors (Lipinski definition) is 2. The molecule has 0 aliphatic rings. The van der Waals surface area contributed by atoms with E-state index in [-0.39, 0.29) is 5.84 Å². The van der Waals surface area contributed by atoms with Crippen molar-refractivity contribution in [2.75, 3.05) is 0 Å². The minimum atomic E-state index is 0.00980. The van der Waals surface area contributed by atoms with Gasteiger partial charge in [0.15, 0.2) is 0 Å². The van der Waals surface area contributed by atoms with Crippen molar-refractivity contribution in [3.05, 3.63) is 62.6 Å². The van der Waals surface area contributed by atoms with Gasteiger partial charge in [0.1, 0.15) is 5.84 Å². The first-order chi connectivity index (χ1) is 9.47. The lowest BCUT2D eigenvalue weighted by molar-refractivity contribution is 1.36. The van der Waals surface area contributed by atoms with Crippen molar-refractivity contribution in [3.8, 4) is 0 Å². The van der Waals surface area contributed by atoms with Crippen LogP contribution >= 0.6 is 46.6 Å². The second-order valence-electron chi connectivity index (χ2n) is 4.08. The highest BCUT2D eigenvalue weighted by Crippen LogP contribution is 2.31. The number of hydrogen-bond acceptors (Lipinski definition) is 2. The molecule has 0 amide bonds. The maximum absolute atomic E-state index is 7.37. The normalized spacial score (nSPS) is 10.6. The average molecular weight is 346 g/mol. The van der Waals surface area contributed by atoms with Crippen molar-refractivity contribution in [1.82, 2.24) is 0 Å². The zero-order valence-electron chi connectivity index (χ0n) is 10.3. The van der Waals surface area contributed by atoms with E-state index in [1.165, 1.54) is 0 Å². The molecule has 0 saturated carbocycles. The predicted octanol–water partition coefficient (Wildman–Crippen LogP) is 5.22. The molecule has 0 fully saturated rings. The lowest BCUT2D eigenvalue weighted by Gasteiger charge is -2.07. The van der Waals surface area contributed by atoms with Crippen LogP contribution in [0.5, 0.6) is 0 Å². The molecule has 6 heteroatoms. The lowest BCUT2D eigenvalue weighted by atomic mass is 10.1. The Hall–Kier alpha value is -0.870. The standard InChI is InChI=1S/C14H11Cl3N2S/c15-11-4-3-10(6-13(11)17)20-7-9-2-1-8(14(18)19)5-12(9)16/h1-6H,7H2,(H3,18,19). The number of benzene rings is 2. The smallest absolute Gasteiger partial charge is 0.122 e. The molecule has 0 aliphatic heterocycles. The van der Waals surface area contributed by atoms with E-state index in [4.69, 9.17) is 45.9 Å². The molecule has 3 N–H and O–H groups in total. The Morgan fingerprint density at radius 3 is 2.35 bits per heavy atom. The van der Waals surface area contributed by atoms with Gasteiger partial charge >= 0.3 is 0 Å². The monoisotopic (exact) mass is 344 g/mol. The van der Waals surface area contributed by atoms with E-state index in [2.05, 4.69) is 0 Å². The maximum atomic E-state index is 7.37. The van der Waals surface area contributed by atoms with E-state index in [1.54, 1.807) is 30.0 Å². The summed E-state index contributed by atoms with van der Waals surface area (Å²) >= 11 is 19.6. The number of thioether (sulfide) groups is 1. The molecular formula is C14H11Cl3N2S. The second kappa shape index (κ2) is 6.72. The van der Waals surface area contributed by atoms with Crippen LogP contribution in [0.25, 0.3) is 0 Å². The third-order valence-corrected chi connectivity index (χ3v) is 4.78. The van der Waals surface area contributed by atoms with E-state index < -0.39 is 0 Å². The van der Waals surface area contributed by atoms with Crippen molar-refractivity contribution >= 4 is 52.4 Å². The molecule has 0 unspecified atom stereocenters. The van der Waals surface area contributed by atoms with E-state index >= 15 is 0 Å². The minimum Gasteiger partial charge on any atom is -0.384 e. The van der Waals surface area contributed by atoms with Crippen LogP contribution in [-0.4, -0.2) is 5.84 Å². The topological polar surface area (TPSA) is 49.9 Å². The zero-order chi connectivity index (χ0) is 14.7. The summed E-state index contributed by atoms with van der Waals surface area (Å²) in [5.74, 6) is 0.713. The SMILES string of the molecule is N=C(N)c1ccc(CSc2ccc(Cl)c(Cl)c2)c(Cl)c1. The molecule has 0 heterocycles. The van der Waals surface area contributed by atoms with Gasteiger partial charge in [-0.05, 0) is 29.8 Å². The third-order valence-electron chi connectivity index (χ3n) is 2.65. The van der Waals surface area contributed by atoms with Crippen molar-refractivity contribution in [2.45, 2.75) is 10.6 Å². The van der Waals surface area contributed by atoms with E-state index in [1.807, 2.05) is 18.2 Å². The zero-order valence-corrected chi connectivity index (χ0v) is 13.4. The Labute approximate surface area is 136 Å². The summed E-state index contributed by atoms with van der Waals surface area (Å²) in [6.07, 6.45) is 0. The molecule has 0 radical (unpaired) electrons. The van der Waals surface area contributed by atoms with E-state index in [0.29, 0.717) is 26.4 Å². The van der Waals surface area contributed by atoms with Crippen molar-refractivity contribution in [2.24, 2.45) is 5.73 Å². The number of nitrogens with one attached hydrogen (secondary N) is 1. The van der Waals surface area contributed by atoms with Gasteiger partial charge in [-0.15, -0.1) is 11.8 Å². The molecule has 0 aliphatic carbocycles. The molecule has 0 aromatic heterocycles. The largest absolute Gasteiger partial charge is 0.384 e. The summed E-state index contributed by atoms with van der Waals surface area (Å²) in [7, 11) is 0. The second-order valence-corrected chi connectivity index (χ2v) is 6.35. The Morgan fingerprint density at radius 1 is 1.00 bits per heavy atom. The van der Waals surface area contributed by atoms with Crippen LogP contribution in [0.15, 0.2) is 41.3 Å². The predicted molar refractivity (Wildman–Crippen MR) is 88.5 cm³/mol. The Kier molecular flexibility index (Phi) is 5.22. The van der Waals surface area contributed by atoms with Crippen LogP contribution in [0.2, 0.25) is 15.1 Å². The van der Waals surface area contributed by atoms with E-state index in [0.717, 1.165) is 10.5 Å². The molecule has 104 valence electrons. The minimum absolute atomic E-state index is 0.00980. The molecule has 0 spiro atoms. The Balaban J connectivity index is 2.10. The maximum Gasteiger partial charge on any atom is 0.122 e. The van der Waals surface area contributed by atoms with Gasteiger partial charge in [0.25, 0.3) is 0 Å². The quantitative estimate of drug-likeness (QED) is 0.453. The summed E-state index contributed by atoms with van der Waals surface area (Å²) in [5.41, 5.74) is 7.02. The summed E-state index contributed by atoms with van der Waals surface area (Å²) in [6, 6.07) is 10.9. The number of halogens is 3. The summed E-state index contributed by atoms with van der Waals surface area (Å²) in [5, 5.41) is 9.05. The van der Waals surface area contributed by atoms with Gasteiger partial charge in [0.05, 0.1) is 10.0 Å². The van der Waals surface area contributed by atoms with Crippen molar-refractivity contribution in [3.63, 3.8) is 0 Å². The molecule has 0 atom stereocenters. The van der Waals surface area contributed by atoms with Gasteiger partial charge in [0, 0.05) is 21.2 Å². The van der Waals surface area contributed by atoms with Gasteiger partial charge in [-0.3, -0.25) is 5.41 Å². The van der Waals surface area contributed by atoms with Gasteiger partial charge in [0.2, 0.25) is 0 Å². The Morgan fingerprint density at radius 2 is 1.75 bits per heavy atom. The molecule has 2 aromatic carbocycles. The van der Waals surface area contributed by atoms with E-state index in [9.17, 15) is 0 Å². The number of nitrogens with two attached hydrogens (primary N) is 1. The lowest BCUT2D eigenvalue weighted by Crippen LogP contribution is -2.10. The fraction of sp³-hybridized carbons (Fsp3) is 0.0714. The molecule has 0 bridgehead atoms. The van der Waals surface area contributed by atoms with Gasteiger partial charge < -0.3 is 5.73 Å². The van der Waals surface area contributed by atoms with Crippen LogP contribution in [0.3, 0.4) is 0 Å². The first-order valence-corrected chi connectivity index (χ1v) is 7.80. The Bertz CT molecular complexity index is 659. The summed E-state index contributed by atoms with van der Waals surface area (Å²) in [4.78, 5) is 1.02. The first-order valence-electron chi connectivity index (χ1n) is 5.68. The number of amidine groups is 1. The third kappa shape index (κ3) is 3.83. The molecular weight excluding hydrogens is 335 g/mol. The van der Waals surface area contributed by atoms with Gasteiger partial charge in [-0.1, -0.05) is 46.9 Å². The summed E-state index contributed by atoms with van der Waals surface area (Å²) < 4.78 is 0. The van der Waals surface area contributed by atoms with Crippen LogP contribution in [0.4, 0.5) is 0 Å². The van der Waals surface area contributed by atoms with Crippen LogP contribution in [0, 0.1) is 5.41 Å². The van der Waals surface area contributed by atoms with Crippen LogP contribution < -0.4 is 5.73 Å². The molecule has 2 rings (SSSR count). The van der Waals surface area contributed by atoms with Crippen LogP contribution in [0.1, 0.15) is 11.1 Å². The number of nitrogen functional groups attached to an aromatic ring is 1.